The minimum Gasteiger partial charge on any atom is -0.508 e. The second-order valence-corrected chi connectivity index (χ2v) is 35.3. The molecule has 7 aromatic rings. The van der Waals surface area contributed by atoms with Gasteiger partial charge in [-0.15, -0.1) is 0 Å². The zero-order valence-electron chi connectivity index (χ0n) is 73.5. The number of thioether (sulfide) groups is 1. The van der Waals surface area contributed by atoms with Crippen LogP contribution in [0.5, 0.6) is 5.75 Å². The molecule has 6 heterocycles. The lowest BCUT2D eigenvalue weighted by molar-refractivity contribution is -0.149. The Kier molecular flexibility index (Phi) is 35.3. The molecule has 0 spiro atoms. The van der Waals surface area contributed by atoms with Crippen LogP contribution in [0.15, 0.2) is 103 Å². The molecule has 0 bridgehead atoms. The van der Waals surface area contributed by atoms with E-state index >= 15 is 9.59 Å². The number of nitrogens with zero attached hydrogens (tertiary/aromatic N) is 7. The first-order chi connectivity index (χ1) is 61.6. The topological polar surface area (TPSA) is 510 Å². The van der Waals surface area contributed by atoms with Crippen molar-refractivity contribution in [3.05, 3.63) is 126 Å². The molecule has 694 valence electrons. The molecule has 15 amide bonds. The number of phenols is 1. The molecule has 3 aromatic heterocycles. The van der Waals surface area contributed by atoms with Crippen LogP contribution in [0.4, 0.5) is 9.52 Å². The fourth-order valence-electron chi connectivity index (χ4n) is 16.3. The third-order valence-electron chi connectivity index (χ3n) is 23.3. The number of amides is 15. The van der Waals surface area contributed by atoms with Crippen molar-refractivity contribution in [2.24, 2.45) is 11.7 Å². The first-order valence-corrected chi connectivity index (χ1v) is 45.4. The number of carbonyl (C=O) groups excluding carboxylic acids is 15. The van der Waals surface area contributed by atoms with Gasteiger partial charge in [0.25, 0.3) is 0 Å². The molecule has 2 unspecified atom stereocenters. The molecule has 15 N–H and O–H groups in total. The van der Waals surface area contributed by atoms with E-state index in [-0.39, 0.29) is 112 Å². The van der Waals surface area contributed by atoms with Gasteiger partial charge < -0.3 is 103 Å². The zero-order valence-corrected chi connectivity index (χ0v) is 75.2. The van der Waals surface area contributed by atoms with Crippen molar-refractivity contribution in [3.63, 3.8) is 0 Å². The molecule has 10 rings (SSSR count). The number of para-hydroxylation sites is 2. The molecular weight excluding hydrogens is 1710 g/mol. The summed E-state index contributed by atoms with van der Waals surface area (Å²) in [5.74, 6) is -14.3. The van der Waals surface area contributed by atoms with Crippen molar-refractivity contribution < 1.29 is 91.3 Å². The Balaban J connectivity index is 0.963. The van der Waals surface area contributed by atoms with Crippen LogP contribution in [-0.4, -0.2) is 282 Å². The molecule has 3 fully saturated rings. The summed E-state index contributed by atoms with van der Waals surface area (Å²) in [5.41, 5.74) is 8.76. The van der Waals surface area contributed by atoms with Crippen LogP contribution in [-0.2, 0) is 103 Å². The molecule has 40 heteroatoms. The number of nitrogens with two attached hydrogens (primary N) is 1. The summed E-state index contributed by atoms with van der Waals surface area (Å²) in [6.45, 7) is 6.25. The number of anilines is 1. The van der Waals surface area contributed by atoms with Gasteiger partial charge in [-0.25, -0.2) is 9.37 Å². The number of halogens is 1. The number of likely N-dealkylation sites (N-methyl/N-ethyl adjacent to an activating group) is 3. The van der Waals surface area contributed by atoms with Gasteiger partial charge in [-0.05, 0) is 117 Å². The van der Waals surface area contributed by atoms with Gasteiger partial charge in [0.05, 0.1) is 35.5 Å². The molecule has 0 radical (unpaired) electrons. The van der Waals surface area contributed by atoms with E-state index in [1.807, 2.05) is 27.7 Å². The Hall–Kier alpha value is -12.8. The number of carboxylic acids is 1. The van der Waals surface area contributed by atoms with Crippen molar-refractivity contribution in [1.82, 2.24) is 86.9 Å². The fraction of sp³-hybridized carbons (Fsp3) is 0.494. The number of benzene rings is 4. The molecule has 3 aliphatic rings. The number of hydrogen-bond donors (Lipinski definition) is 14. The van der Waals surface area contributed by atoms with Crippen LogP contribution in [0.3, 0.4) is 0 Å². The lowest BCUT2D eigenvalue weighted by Gasteiger charge is -2.36. The van der Waals surface area contributed by atoms with E-state index in [1.165, 1.54) is 89.8 Å². The molecule has 4 aromatic carbocycles. The summed E-state index contributed by atoms with van der Waals surface area (Å²) in [4.78, 5) is 245. The van der Waals surface area contributed by atoms with Gasteiger partial charge >= 0.3 is 5.97 Å². The molecule has 0 saturated carbocycles. The number of aliphatic carboxylic acids is 1. The monoisotopic (exact) mass is 1820 g/mol. The number of fused-ring (bicyclic) bond motifs is 5. The van der Waals surface area contributed by atoms with Crippen LogP contribution >= 0.6 is 23.1 Å². The number of carboxylic acid groups (broad SMARTS) is 1. The number of phenolic OH excluding ortho intramolecular Hbond substituents is 1. The molecule has 129 heavy (non-hydrogen) atoms. The number of carbonyl (C=O) groups is 16. The third-order valence-corrected chi connectivity index (χ3v) is 25.2. The minimum atomic E-state index is -1.73. The maximum atomic E-state index is 15.6. The van der Waals surface area contributed by atoms with Crippen LogP contribution < -0.4 is 58.9 Å². The highest BCUT2D eigenvalue weighted by atomic mass is 32.2. The van der Waals surface area contributed by atoms with Gasteiger partial charge in [0.1, 0.15) is 84.6 Å². The van der Waals surface area contributed by atoms with E-state index in [2.05, 4.69) is 63.1 Å². The Bertz CT molecular complexity index is 5260. The zero-order chi connectivity index (χ0) is 93.4. The van der Waals surface area contributed by atoms with E-state index in [0.717, 1.165) is 32.9 Å². The number of primary amides is 1. The largest absolute Gasteiger partial charge is 0.508 e. The van der Waals surface area contributed by atoms with E-state index in [0.29, 0.717) is 74.4 Å². The Morgan fingerprint density at radius 3 is 1.88 bits per heavy atom. The summed E-state index contributed by atoms with van der Waals surface area (Å²) in [5, 5.41) is 49.1. The highest BCUT2D eigenvalue weighted by Gasteiger charge is 2.44. The highest BCUT2D eigenvalue weighted by Crippen LogP contribution is 2.30. The summed E-state index contributed by atoms with van der Waals surface area (Å²) in [6.07, 6.45) is 4.71. The van der Waals surface area contributed by atoms with Gasteiger partial charge in [-0.1, -0.05) is 113 Å². The number of aromatic nitrogens is 3. The van der Waals surface area contributed by atoms with Crippen LogP contribution in [0.2, 0.25) is 0 Å². The smallest absolute Gasteiger partial charge is 0.323 e. The van der Waals surface area contributed by atoms with E-state index in [4.69, 9.17) is 5.73 Å². The lowest BCUT2D eigenvalue weighted by atomic mass is 9.99. The Morgan fingerprint density at radius 2 is 1.19 bits per heavy atom. The van der Waals surface area contributed by atoms with E-state index in [1.54, 1.807) is 60.9 Å². The van der Waals surface area contributed by atoms with Gasteiger partial charge in [-0.2, -0.15) is 11.8 Å². The Labute approximate surface area is 753 Å². The van der Waals surface area contributed by atoms with Gasteiger partial charge in [0, 0.05) is 107 Å². The number of nitrogens with one attached hydrogen (secondary N) is 11. The van der Waals surface area contributed by atoms with Crippen molar-refractivity contribution in [3.8, 4) is 5.75 Å². The lowest BCUT2D eigenvalue weighted by Crippen LogP contribution is -2.60. The number of thiazole rings is 1. The predicted octanol–water partition coefficient (Wildman–Crippen LogP) is 2.59. The van der Waals surface area contributed by atoms with Crippen LogP contribution in [0.1, 0.15) is 128 Å². The second kappa shape index (κ2) is 46.3. The Morgan fingerprint density at radius 1 is 0.605 bits per heavy atom. The minimum absolute atomic E-state index is 0.000441. The number of unbranched alkanes of at least 4 members (excludes halogenated alkanes) is 2. The molecule has 11 atom stereocenters. The van der Waals surface area contributed by atoms with E-state index < -0.39 is 199 Å². The SMILES string of the molecule is CCCC[C@H]1C(=O)N(C)[C@@H](CCCC)C(=O)N[C@@H](CC(C)C)C(=O)NCCSCC(=O)N[C@@H](Cc2ccc(O)cc2)C(=O)N(C)[C@@H](C)C(=O)N[C@@H](CC(N)=O)C(=O)N2CCCC2C(=O)N[C@@H](CNc2nc3ccc(F)cc3s2)C(=O)NCC(=O)N2CCCC2C(=O)N[C@@H](Cc2c[nH]c3ccccc23)C(=O)NCC(=O)N[C@@H](Cc2cn(CC(=O)O)c3ccccc23)C(=O)N1C. The van der Waals surface area contributed by atoms with Crippen molar-refractivity contribution in [2.45, 2.75) is 204 Å². The fourth-order valence-corrected chi connectivity index (χ4v) is 17.8. The van der Waals surface area contributed by atoms with Gasteiger partial charge in [0.2, 0.25) is 88.6 Å². The number of H-pyrrole nitrogens is 1. The first-order valence-electron chi connectivity index (χ1n) is 43.4. The molecule has 3 aliphatic heterocycles. The number of aromatic hydroxyl groups is 1. The number of aromatic amines is 1. The number of hydrogen-bond acceptors (Lipinski definition) is 21. The summed E-state index contributed by atoms with van der Waals surface area (Å²) in [7, 11) is 4.11. The van der Waals surface area contributed by atoms with Crippen molar-refractivity contribution in [1.29, 1.82) is 0 Å². The number of rotatable bonds is 21. The maximum absolute atomic E-state index is 15.6. The summed E-state index contributed by atoms with van der Waals surface area (Å²) in [6, 6.07) is 8.42. The quantitative estimate of drug-likeness (QED) is 0.0491. The molecular formula is C89H116FN19O18S2. The molecule has 0 aliphatic carbocycles. The first kappa shape index (κ1) is 98.4. The van der Waals surface area contributed by atoms with Crippen LogP contribution in [0.25, 0.3) is 32.0 Å². The van der Waals surface area contributed by atoms with Crippen molar-refractivity contribution in [2.75, 3.05) is 77.2 Å². The van der Waals surface area contributed by atoms with Gasteiger partial charge in [0.15, 0.2) is 5.13 Å². The normalized spacial score (nSPS) is 23.2. The van der Waals surface area contributed by atoms with Gasteiger partial charge in [-0.3, -0.25) is 76.7 Å². The maximum Gasteiger partial charge on any atom is 0.323 e. The average Bonchev–Trinajstić information content (AvgIpc) is 1.63. The summed E-state index contributed by atoms with van der Waals surface area (Å²) >= 11 is 2.12. The second-order valence-electron chi connectivity index (χ2n) is 33.2. The third kappa shape index (κ3) is 26.5. The molecule has 37 nitrogen and oxygen atoms in total. The highest BCUT2D eigenvalue weighted by molar-refractivity contribution is 7.99. The van der Waals surface area contributed by atoms with Crippen molar-refractivity contribution >= 4 is 155 Å². The molecule has 3 saturated heterocycles. The van der Waals surface area contributed by atoms with E-state index in [9.17, 15) is 81.7 Å². The average molecular weight is 1820 g/mol. The van der Waals surface area contributed by atoms with Crippen LogP contribution in [0, 0.1) is 11.7 Å². The summed E-state index contributed by atoms with van der Waals surface area (Å²) < 4.78 is 16.3. The standard InChI is InChI=1S/C89H116FN19O18S2/c1-9-11-22-68-82(121)99-61(37-50(3)4)79(118)92-33-36-128-49-75(113)98-63(38-52-27-30-56(110)31-28-52)85(124)104(6)51(5)78(117)101-65(42-73(91)111)87(126)109-35-18-26-70(109)84(123)102-66(44-96-89-103-60-32-29-55(90)41-72(60)129-89)81(120)95-46-76(114)108-34-17-25-69(108)83(122)100-62(39-53-43-93-59-21-15-13-19-57(53)59)80(119)94-45-74(112)97-64(86(125)106(8)71(23-12-10-2)88(127)105(68)7)40-54-47-107(48-77(115)116)67-24-16-14-20-58(54)67/h13-16,19-21,24,27-32,41,43,47,50-51,61-66,68-71,93,110H,9-12,17-18,22-23,25-26,33-40,42,44-46,48-49H2,1-8H3,(H2,91,111)(H,92,118)(H,94,119)(H,95,120)(H,96,103)(H,97,112)(H,98,113)(H,99,121)(H,100,122)(H,101,117)(H,102,123)(H,115,116)/t51-,61-,62-,63-,64-,65-,66-,68-,69?,70?,71-/m0/s1. The predicted molar refractivity (Wildman–Crippen MR) is 480 cm³/mol.